The van der Waals surface area contributed by atoms with Crippen molar-refractivity contribution >= 4 is 6.03 Å². The Morgan fingerprint density at radius 2 is 2.14 bits per heavy atom. The van der Waals surface area contributed by atoms with Crippen LogP contribution in [0, 0.1) is 5.82 Å². The molecular formula is C9H12FN3O. The van der Waals surface area contributed by atoms with Crippen molar-refractivity contribution in [1.82, 2.24) is 10.7 Å². The number of hydrazine groups is 1. The minimum atomic E-state index is -0.471. The van der Waals surface area contributed by atoms with Crippen molar-refractivity contribution < 1.29 is 9.18 Å². The summed E-state index contributed by atoms with van der Waals surface area (Å²) in [4.78, 5) is 10.6. The first-order valence-electron chi connectivity index (χ1n) is 4.22. The summed E-state index contributed by atoms with van der Waals surface area (Å²) >= 11 is 0. The van der Waals surface area contributed by atoms with Crippen LogP contribution in [0.3, 0.4) is 0 Å². The lowest BCUT2D eigenvalue weighted by Gasteiger charge is -2.04. The van der Waals surface area contributed by atoms with Crippen LogP contribution >= 0.6 is 0 Å². The van der Waals surface area contributed by atoms with E-state index in [1.54, 1.807) is 18.2 Å². The van der Waals surface area contributed by atoms with Gasteiger partial charge in [0.2, 0.25) is 0 Å². The molecule has 1 aromatic rings. The van der Waals surface area contributed by atoms with Crippen molar-refractivity contribution in [3.05, 3.63) is 35.6 Å². The zero-order valence-corrected chi connectivity index (χ0v) is 7.59. The van der Waals surface area contributed by atoms with Gasteiger partial charge in [0, 0.05) is 6.54 Å². The van der Waals surface area contributed by atoms with Gasteiger partial charge in [0.05, 0.1) is 0 Å². The monoisotopic (exact) mass is 197 g/mol. The molecule has 0 saturated heterocycles. The Hall–Kier alpha value is -1.62. The zero-order valence-electron chi connectivity index (χ0n) is 7.59. The molecule has 1 aromatic carbocycles. The quantitative estimate of drug-likeness (QED) is 0.376. The first kappa shape index (κ1) is 10.5. The van der Waals surface area contributed by atoms with Gasteiger partial charge in [0.25, 0.3) is 0 Å². The number of urea groups is 1. The van der Waals surface area contributed by atoms with Gasteiger partial charge >= 0.3 is 6.03 Å². The number of amides is 2. The summed E-state index contributed by atoms with van der Waals surface area (Å²) < 4.78 is 13.0. The Bertz CT molecular complexity index is 317. The van der Waals surface area contributed by atoms with E-state index in [2.05, 4.69) is 5.32 Å². The normalized spacial score (nSPS) is 9.57. The molecule has 0 fully saturated rings. The first-order chi connectivity index (χ1) is 6.74. The number of carbonyl (C=O) groups excluding carboxylic acids is 1. The number of hydrogen-bond acceptors (Lipinski definition) is 2. The Kier molecular flexibility index (Phi) is 3.87. The minimum absolute atomic E-state index is 0.262. The summed E-state index contributed by atoms with van der Waals surface area (Å²) in [7, 11) is 0. The van der Waals surface area contributed by atoms with E-state index in [1.165, 1.54) is 6.07 Å². The molecule has 0 aromatic heterocycles. The molecule has 4 N–H and O–H groups in total. The van der Waals surface area contributed by atoms with Crippen LogP contribution in [0.5, 0.6) is 0 Å². The van der Waals surface area contributed by atoms with E-state index >= 15 is 0 Å². The maximum atomic E-state index is 13.0. The summed E-state index contributed by atoms with van der Waals surface area (Å²) in [6.45, 7) is 0.351. The van der Waals surface area contributed by atoms with Gasteiger partial charge in [-0.1, -0.05) is 18.2 Å². The highest BCUT2D eigenvalue weighted by Crippen LogP contribution is 2.05. The van der Waals surface area contributed by atoms with Gasteiger partial charge in [-0.2, -0.15) is 0 Å². The Labute approximate surface area is 81.3 Å². The summed E-state index contributed by atoms with van der Waals surface area (Å²) in [6.07, 6.45) is 0.445. The topological polar surface area (TPSA) is 67.1 Å². The molecule has 0 spiro atoms. The van der Waals surface area contributed by atoms with E-state index in [0.29, 0.717) is 18.5 Å². The first-order valence-corrected chi connectivity index (χ1v) is 4.22. The van der Waals surface area contributed by atoms with Crippen molar-refractivity contribution in [2.45, 2.75) is 6.42 Å². The molecule has 2 amide bonds. The van der Waals surface area contributed by atoms with Gasteiger partial charge in [-0.3, -0.25) is 5.43 Å². The molecule has 0 unspecified atom stereocenters. The Morgan fingerprint density at radius 3 is 2.79 bits per heavy atom. The highest BCUT2D eigenvalue weighted by atomic mass is 19.1. The van der Waals surface area contributed by atoms with Crippen LogP contribution in [0.2, 0.25) is 0 Å². The van der Waals surface area contributed by atoms with E-state index in [-0.39, 0.29) is 5.82 Å². The van der Waals surface area contributed by atoms with Crippen molar-refractivity contribution in [1.29, 1.82) is 0 Å². The fraction of sp³-hybridized carbons (Fsp3) is 0.222. The molecule has 1 rings (SSSR count). The molecule has 0 radical (unpaired) electrons. The maximum Gasteiger partial charge on any atom is 0.328 e. The Balaban J connectivity index is 2.39. The third-order valence-electron chi connectivity index (χ3n) is 1.77. The number of hydrogen-bond donors (Lipinski definition) is 3. The summed E-state index contributed by atoms with van der Waals surface area (Å²) in [5, 5.41) is 2.47. The second kappa shape index (κ2) is 5.18. The molecule has 76 valence electrons. The van der Waals surface area contributed by atoms with Crippen LogP contribution in [-0.4, -0.2) is 12.6 Å². The van der Waals surface area contributed by atoms with E-state index in [4.69, 9.17) is 5.84 Å². The molecule has 5 heteroatoms. The second-order valence-corrected chi connectivity index (χ2v) is 2.74. The number of benzene rings is 1. The van der Waals surface area contributed by atoms with Gasteiger partial charge in [0.1, 0.15) is 5.82 Å². The molecule has 0 saturated carbocycles. The average molecular weight is 197 g/mol. The predicted molar refractivity (Wildman–Crippen MR) is 50.8 cm³/mol. The fourth-order valence-corrected chi connectivity index (χ4v) is 1.06. The fourth-order valence-electron chi connectivity index (χ4n) is 1.06. The summed E-state index contributed by atoms with van der Waals surface area (Å²) in [6, 6.07) is 5.97. The SMILES string of the molecule is NNC(=O)NCCc1ccccc1F. The molecule has 0 atom stereocenters. The molecule has 0 aliphatic carbocycles. The number of nitrogens with two attached hydrogens (primary N) is 1. The molecular weight excluding hydrogens is 185 g/mol. The number of halogens is 1. The third-order valence-corrected chi connectivity index (χ3v) is 1.77. The van der Waals surface area contributed by atoms with Crippen LogP contribution in [0.1, 0.15) is 5.56 Å². The average Bonchev–Trinajstić information content (AvgIpc) is 2.20. The molecule has 0 heterocycles. The van der Waals surface area contributed by atoms with Gasteiger partial charge in [-0.05, 0) is 18.1 Å². The number of nitrogens with one attached hydrogen (secondary N) is 2. The van der Waals surface area contributed by atoms with Crippen LogP contribution in [0.4, 0.5) is 9.18 Å². The highest BCUT2D eigenvalue weighted by Gasteiger charge is 2.01. The van der Waals surface area contributed by atoms with Crippen LogP contribution in [0.15, 0.2) is 24.3 Å². The van der Waals surface area contributed by atoms with Crippen molar-refractivity contribution in [2.24, 2.45) is 5.84 Å². The van der Waals surface area contributed by atoms with Crippen molar-refractivity contribution in [3.63, 3.8) is 0 Å². The molecule has 0 bridgehead atoms. The highest BCUT2D eigenvalue weighted by molar-refractivity contribution is 5.72. The lowest BCUT2D eigenvalue weighted by molar-refractivity contribution is 0.241. The molecule has 4 nitrogen and oxygen atoms in total. The largest absolute Gasteiger partial charge is 0.337 e. The van der Waals surface area contributed by atoms with E-state index in [9.17, 15) is 9.18 Å². The van der Waals surface area contributed by atoms with E-state index in [0.717, 1.165) is 0 Å². The van der Waals surface area contributed by atoms with Crippen LogP contribution < -0.4 is 16.6 Å². The second-order valence-electron chi connectivity index (χ2n) is 2.74. The summed E-state index contributed by atoms with van der Waals surface area (Å²) in [5.74, 6) is 4.58. The molecule has 0 aliphatic heterocycles. The lowest BCUT2D eigenvalue weighted by atomic mass is 10.1. The zero-order chi connectivity index (χ0) is 10.4. The van der Waals surface area contributed by atoms with Crippen LogP contribution in [-0.2, 0) is 6.42 Å². The van der Waals surface area contributed by atoms with Crippen molar-refractivity contribution in [2.75, 3.05) is 6.54 Å². The number of carbonyl (C=O) groups is 1. The van der Waals surface area contributed by atoms with Gasteiger partial charge < -0.3 is 5.32 Å². The number of rotatable bonds is 3. The lowest BCUT2D eigenvalue weighted by Crippen LogP contribution is -2.40. The van der Waals surface area contributed by atoms with Crippen LogP contribution in [0.25, 0.3) is 0 Å². The molecule has 14 heavy (non-hydrogen) atoms. The van der Waals surface area contributed by atoms with Gasteiger partial charge in [-0.15, -0.1) is 0 Å². The van der Waals surface area contributed by atoms with Crippen molar-refractivity contribution in [3.8, 4) is 0 Å². The smallest absolute Gasteiger partial charge is 0.328 e. The maximum absolute atomic E-state index is 13.0. The van der Waals surface area contributed by atoms with Gasteiger partial charge in [-0.25, -0.2) is 15.0 Å². The summed E-state index contributed by atoms with van der Waals surface area (Å²) in [5.41, 5.74) is 2.50. The Morgan fingerprint density at radius 1 is 1.43 bits per heavy atom. The molecule has 0 aliphatic rings. The van der Waals surface area contributed by atoms with E-state index in [1.807, 2.05) is 5.43 Å². The van der Waals surface area contributed by atoms with E-state index < -0.39 is 6.03 Å². The van der Waals surface area contributed by atoms with Gasteiger partial charge in [0.15, 0.2) is 0 Å². The minimum Gasteiger partial charge on any atom is -0.337 e. The predicted octanol–water partition coefficient (Wildman–Crippen LogP) is 0.541. The third kappa shape index (κ3) is 3.02. The standard InChI is InChI=1S/C9H12FN3O/c10-8-4-2-1-3-7(8)5-6-12-9(14)13-11/h1-4H,5-6,11H2,(H2,12,13,14).